The summed E-state index contributed by atoms with van der Waals surface area (Å²) in [7, 11) is 0. The van der Waals surface area contributed by atoms with E-state index in [0.717, 1.165) is 21.4 Å². The number of aromatic nitrogens is 1. The van der Waals surface area contributed by atoms with Gasteiger partial charge in [0.25, 0.3) is 0 Å². The lowest BCUT2D eigenvalue weighted by Gasteiger charge is -1.96. The summed E-state index contributed by atoms with van der Waals surface area (Å²) in [4.78, 5) is 4.31. The molecule has 3 heteroatoms. The molecule has 0 N–H and O–H groups in total. The van der Waals surface area contributed by atoms with E-state index < -0.39 is 0 Å². The fraction of sp³-hybridized carbons (Fsp3) is 0. The van der Waals surface area contributed by atoms with Crippen LogP contribution in [0.4, 0.5) is 0 Å². The van der Waals surface area contributed by atoms with E-state index in [1.165, 1.54) is 0 Å². The Morgan fingerprint density at radius 2 is 1.56 bits per heavy atom. The Balaban J connectivity index is 1.97. The molecule has 2 nitrogen and oxygen atoms in total. The van der Waals surface area contributed by atoms with Gasteiger partial charge in [-0.05, 0) is 24.3 Å². The van der Waals surface area contributed by atoms with Gasteiger partial charge in [0, 0.05) is 15.6 Å². The molecule has 88 valence electrons. The summed E-state index contributed by atoms with van der Waals surface area (Å²) in [5, 5.41) is 0. The van der Waals surface area contributed by atoms with E-state index in [4.69, 9.17) is 4.42 Å². The number of nitrogens with zero attached hydrogens (tertiary/aromatic N) is 1. The largest absolute Gasteiger partial charge is 0.436 e. The average Bonchev–Trinajstić information content (AvgIpc) is 2.90. The number of hydrogen-bond acceptors (Lipinski definition) is 2. The third kappa shape index (κ3) is 2.22. The Bertz CT molecular complexity index is 644. The van der Waals surface area contributed by atoms with Crippen LogP contribution in [0.25, 0.3) is 22.8 Å². The Morgan fingerprint density at radius 1 is 0.833 bits per heavy atom. The van der Waals surface area contributed by atoms with E-state index in [2.05, 4.69) is 20.9 Å². The van der Waals surface area contributed by atoms with E-state index in [1.807, 2.05) is 54.6 Å². The highest BCUT2D eigenvalue weighted by atomic mass is 79.9. The summed E-state index contributed by atoms with van der Waals surface area (Å²) < 4.78 is 6.82. The minimum absolute atomic E-state index is 0.647. The molecular weight excluding hydrogens is 290 g/mol. The third-order valence-electron chi connectivity index (χ3n) is 2.66. The molecule has 1 aromatic heterocycles. The first-order chi connectivity index (χ1) is 8.83. The van der Waals surface area contributed by atoms with Crippen LogP contribution in [0.1, 0.15) is 0 Å². The molecule has 0 radical (unpaired) electrons. The maximum atomic E-state index is 5.77. The van der Waals surface area contributed by atoms with E-state index in [-0.39, 0.29) is 0 Å². The second kappa shape index (κ2) is 4.78. The van der Waals surface area contributed by atoms with E-state index in [9.17, 15) is 0 Å². The predicted octanol–water partition coefficient (Wildman–Crippen LogP) is 4.77. The Labute approximate surface area is 113 Å². The molecule has 0 spiro atoms. The number of oxazole rings is 1. The monoisotopic (exact) mass is 299 g/mol. The number of hydrogen-bond donors (Lipinski definition) is 0. The van der Waals surface area contributed by atoms with Gasteiger partial charge in [-0.25, -0.2) is 4.98 Å². The maximum Gasteiger partial charge on any atom is 0.226 e. The first-order valence-corrected chi connectivity index (χ1v) is 6.39. The van der Waals surface area contributed by atoms with Gasteiger partial charge in [0.1, 0.15) is 0 Å². The topological polar surface area (TPSA) is 26.0 Å². The van der Waals surface area contributed by atoms with Crippen molar-refractivity contribution < 1.29 is 4.42 Å². The molecule has 0 aliphatic heterocycles. The fourth-order valence-electron chi connectivity index (χ4n) is 1.74. The molecule has 2 aromatic carbocycles. The number of benzene rings is 2. The second-order valence-electron chi connectivity index (χ2n) is 3.90. The van der Waals surface area contributed by atoms with Gasteiger partial charge in [-0.1, -0.05) is 46.3 Å². The lowest BCUT2D eigenvalue weighted by Crippen LogP contribution is -1.74. The van der Waals surface area contributed by atoms with Crippen molar-refractivity contribution in [2.75, 3.05) is 0 Å². The van der Waals surface area contributed by atoms with Gasteiger partial charge < -0.3 is 4.42 Å². The van der Waals surface area contributed by atoms with Crippen LogP contribution in [0.2, 0.25) is 0 Å². The molecule has 0 saturated heterocycles. The number of halogens is 1. The van der Waals surface area contributed by atoms with Gasteiger partial charge in [0.05, 0.1) is 6.20 Å². The maximum absolute atomic E-state index is 5.77. The van der Waals surface area contributed by atoms with Crippen LogP contribution in [0.3, 0.4) is 0 Å². The van der Waals surface area contributed by atoms with Crippen LogP contribution < -0.4 is 0 Å². The summed E-state index contributed by atoms with van der Waals surface area (Å²) in [6.45, 7) is 0. The summed E-state index contributed by atoms with van der Waals surface area (Å²) >= 11 is 3.41. The zero-order chi connectivity index (χ0) is 12.4. The minimum atomic E-state index is 0.647. The van der Waals surface area contributed by atoms with Gasteiger partial charge in [-0.3, -0.25) is 0 Å². The highest BCUT2D eigenvalue weighted by Gasteiger charge is 2.07. The highest BCUT2D eigenvalue weighted by molar-refractivity contribution is 9.10. The Kier molecular flexibility index (Phi) is 2.99. The minimum Gasteiger partial charge on any atom is -0.436 e. The standard InChI is InChI=1S/C15H10BrNO/c16-13-8-6-11(7-9-13)14-10-17-15(18-14)12-4-2-1-3-5-12/h1-10H. The quantitative estimate of drug-likeness (QED) is 0.681. The van der Waals surface area contributed by atoms with Crippen molar-refractivity contribution in [2.24, 2.45) is 0 Å². The van der Waals surface area contributed by atoms with Crippen molar-refractivity contribution in [1.82, 2.24) is 4.98 Å². The fourth-order valence-corrected chi connectivity index (χ4v) is 2.00. The van der Waals surface area contributed by atoms with Gasteiger partial charge in [-0.15, -0.1) is 0 Å². The van der Waals surface area contributed by atoms with Crippen LogP contribution in [0, 0.1) is 0 Å². The van der Waals surface area contributed by atoms with Crippen molar-refractivity contribution in [3.05, 3.63) is 65.3 Å². The first kappa shape index (κ1) is 11.2. The SMILES string of the molecule is Brc1ccc(-c2cnc(-c3ccccc3)o2)cc1. The van der Waals surface area contributed by atoms with E-state index >= 15 is 0 Å². The van der Waals surface area contributed by atoms with Gasteiger partial charge >= 0.3 is 0 Å². The van der Waals surface area contributed by atoms with Crippen LogP contribution in [0.15, 0.2) is 69.7 Å². The molecule has 1 heterocycles. The van der Waals surface area contributed by atoms with Gasteiger partial charge in [0.15, 0.2) is 5.76 Å². The Morgan fingerprint density at radius 3 is 2.28 bits per heavy atom. The van der Waals surface area contributed by atoms with Crippen molar-refractivity contribution in [3.8, 4) is 22.8 Å². The molecule has 3 rings (SSSR count). The molecule has 0 bridgehead atoms. The van der Waals surface area contributed by atoms with Crippen LogP contribution >= 0.6 is 15.9 Å². The summed E-state index contributed by atoms with van der Waals surface area (Å²) in [5.41, 5.74) is 2.01. The zero-order valence-corrected chi connectivity index (χ0v) is 11.1. The average molecular weight is 300 g/mol. The van der Waals surface area contributed by atoms with Gasteiger partial charge in [-0.2, -0.15) is 0 Å². The highest BCUT2D eigenvalue weighted by Crippen LogP contribution is 2.26. The smallest absolute Gasteiger partial charge is 0.226 e. The lowest BCUT2D eigenvalue weighted by molar-refractivity contribution is 0.589. The summed E-state index contributed by atoms with van der Waals surface area (Å²) in [5.74, 6) is 1.43. The van der Waals surface area contributed by atoms with Crippen LogP contribution in [-0.2, 0) is 0 Å². The summed E-state index contributed by atoms with van der Waals surface area (Å²) in [6, 6.07) is 17.9. The third-order valence-corrected chi connectivity index (χ3v) is 3.18. The molecule has 0 saturated carbocycles. The van der Waals surface area contributed by atoms with Gasteiger partial charge in [0.2, 0.25) is 5.89 Å². The van der Waals surface area contributed by atoms with Crippen molar-refractivity contribution >= 4 is 15.9 Å². The molecule has 0 fully saturated rings. The van der Waals surface area contributed by atoms with E-state index in [0.29, 0.717) is 5.89 Å². The first-order valence-electron chi connectivity index (χ1n) is 5.60. The Hall–Kier alpha value is -1.87. The molecule has 0 unspecified atom stereocenters. The van der Waals surface area contributed by atoms with Crippen molar-refractivity contribution in [3.63, 3.8) is 0 Å². The molecule has 0 atom stereocenters. The normalized spacial score (nSPS) is 10.5. The molecule has 0 amide bonds. The van der Waals surface area contributed by atoms with Crippen molar-refractivity contribution in [1.29, 1.82) is 0 Å². The second-order valence-corrected chi connectivity index (χ2v) is 4.82. The molecule has 3 aromatic rings. The molecular formula is C15H10BrNO. The number of rotatable bonds is 2. The molecule has 18 heavy (non-hydrogen) atoms. The lowest BCUT2D eigenvalue weighted by atomic mass is 10.2. The van der Waals surface area contributed by atoms with Crippen LogP contribution in [-0.4, -0.2) is 4.98 Å². The zero-order valence-electron chi connectivity index (χ0n) is 9.51. The summed E-state index contributed by atoms with van der Waals surface area (Å²) in [6.07, 6.45) is 1.76. The molecule has 0 aliphatic rings. The predicted molar refractivity (Wildman–Crippen MR) is 75.1 cm³/mol. The van der Waals surface area contributed by atoms with Crippen molar-refractivity contribution in [2.45, 2.75) is 0 Å². The van der Waals surface area contributed by atoms with Crippen LogP contribution in [0.5, 0.6) is 0 Å². The molecule has 0 aliphatic carbocycles. The van der Waals surface area contributed by atoms with E-state index in [1.54, 1.807) is 6.20 Å².